The lowest BCUT2D eigenvalue weighted by atomic mass is 9.91. The quantitative estimate of drug-likeness (QED) is 0.801. The molecule has 0 spiro atoms. The summed E-state index contributed by atoms with van der Waals surface area (Å²) >= 11 is 0. The van der Waals surface area contributed by atoms with E-state index in [-0.39, 0.29) is 17.7 Å². The maximum atomic E-state index is 13.2. The van der Waals surface area contributed by atoms with E-state index in [1.54, 1.807) is 0 Å². The highest BCUT2D eigenvalue weighted by molar-refractivity contribution is 5.86. The number of amides is 2. The van der Waals surface area contributed by atoms with Gasteiger partial charge in [0, 0.05) is 31.6 Å². The fourth-order valence-corrected chi connectivity index (χ4v) is 4.10. The maximum Gasteiger partial charge on any atom is 0.242 e. The first-order chi connectivity index (χ1) is 12.9. The largest absolute Gasteiger partial charge is 0.341 e. The van der Waals surface area contributed by atoms with Gasteiger partial charge in [-0.3, -0.25) is 9.59 Å². The summed E-state index contributed by atoms with van der Waals surface area (Å²) in [6.45, 7) is 5.83. The minimum absolute atomic E-state index is 0.0218. The van der Waals surface area contributed by atoms with Gasteiger partial charge in [-0.05, 0) is 44.6 Å². The Hall–Kier alpha value is -1.88. The average Bonchev–Trinajstić information content (AvgIpc) is 3.51. The maximum absolute atomic E-state index is 13.2. The molecular formula is C22H33N3O2. The molecule has 1 aliphatic heterocycles. The monoisotopic (exact) mass is 371 g/mol. The van der Waals surface area contributed by atoms with Crippen molar-refractivity contribution >= 4 is 11.8 Å². The van der Waals surface area contributed by atoms with Gasteiger partial charge in [0.25, 0.3) is 0 Å². The zero-order valence-electron chi connectivity index (χ0n) is 16.7. The van der Waals surface area contributed by atoms with E-state index in [2.05, 4.69) is 17.0 Å². The number of benzene rings is 1. The molecule has 2 fully saturated rings. The van der Waals surface area contributed by atoms with Gasteiger partial charge < -0.3 is 15.5 Å². The van der Waals surface area contributed by atoms with Gasteiger partial charge in [-0.1, -0.05) is 43.7 Å². The molecule has 1 saturated carbocycles. The van der Waals surface area contributed by atoms with Crippen LogP contribution < -0.4 is 5.73 Å². The summed E-state index contributed by atoms with van der Waals surface area (Å²) < 4.78 is 0. The number of rotatable bonds is 7. The number of nitrogens with two attached hydrogens (primary N) is 1. The Kier molecular flexibility index (Phi) is 6.20. The normalized spacial score (nSPS) is 20.2. The Morgan fingerprint density at radius 2 is 1.78 bits per heavy atom. The molecule has 2 aliphatic rings. The molecule has 1 atom stereocenters. The highest BCUT2D eigenvalue weighted by Gasteiger charge is 2.39. The summed E-state index contributed by atoms with van der Waals surface area (Å²) in [5, 5.41) is 0. The first-order valence-electron chi connectivity index (χ1n) is 10.3. The highest BCUT2D eigenvalue weighted by Crippen LogP contribution is 2.32. The van der Waals surface area contributed by atoms with Crippen LogP contribution in [-0.4, -0.2) is 46.3 Å². The number of hydrogen-bond donors (Lipinski definition) is 1. The molecule has 1 aromatic rings. The zero-order valence-corrected chi connectivity index (χ0v) is 16.7. The molecule has 3 rings (SSSR count). The van der Waals surface area contributed by atoms with E-state index in [0.29, 0.717) is 32.1 Å². The highest BCUT2D eigenvalue weighted by atomic mass is 16.2. The summed E-state index contributed by atoms with van der Waals surface area (Å²) in [5.41, 5.74) is 6.60. The summed E-state index contributed by atoms with van der Waals surface area (Å²) in [4.78, 5) is 29.8. The van der Waals surface area contributed by atoms with Crippen LogP contribution in [0.15, 0.2) is 30.3 Å². The lowest BCUT2D eigenvalue weighted by molar-refractivity contribution is -0.143. The van der Waals surface area contributed by atoms with Crippen molar-refractivity contribution in [2.24, 2.45) is 11.7 Å². The molecule has 1 unspecified atom stereocenters. The summed E-state index contributed by atoms with van der Waals surface area (Å²) in [6, 6.07) is 10.6. The van der Waals surface area contributed by atoms with Crippen molar-refractivity contribution < 1.29 is 9.59 Å². The van der Waals surface area contributed by atoms with E-state index in [1.807, 2.05) is 36.9 Å². The average molecular weight is 372 g/mol. The Balaban J connectivity index is 1.58. The van der Waals surface area contributed by atoms with E-state index >= 15 is 0 Å². The van der Waals surface area contributed by atoms with Crippen molar-refractivity contribution in [1.82, 2.24) is 9.80 Å². The zero-order chi connectivity index (χ0) is 19.4. The third-order valence-corrected chi connectivity index (χ3v) is 5.86. The molecule has 1 aliphatic carbocycles. The number of hydrogen-bond acceptors (Lipinski definition) is 3. The van der Waals surface area contributed by atoms with Crippen molar-refractivity contribution in [1.29, 1.82) is 0 Å². The Bertz CT molecular complexity index is 647. The molecule has 0 aromatic heterocycles. The van der Waals surface area contributed by atoms with Crippen molar-refractivity contribution in [3.8, 4) is 0 Å². The lowest BCUT2D eigenvalue weighted by Crippen LogP contribution is -2.55. The van der Waals surface area contributed by atoms with Crippen molar-refractivity contribution in [3.63, 3.8) is 0 Å². The van der Waals surface area contributed by atoms with E-state index < -0.39 is 5.54 Å². The van der Waals surface area contributed by atoms with Crippen LogP contribution in [0.1, 0.15) is 57.9 Å². The molecular weight excluding hydrogens is 338 g/mol. The minimum atomic E-state index is -0.793. The Labute approximate surface area is 162 Å². The number of nitrogens with zero attached hydrogens (tertiary/aromatic N) is 2. The van der Waals surface area contributed by atoms with E-state index in [9.17, 15) is 9.59 Å². The molecule has 1 heterocycles. The van der Waals surface area contributed by atoms with Gasteiger partial charge in [-0.2, -0.15) is 0 Å². The lowest BCUT2D eigenvalue weighted by Gasteiger charge is -2.38. The molecule has 5 heteroatoms. The van der Waals surface area contributed by atoms with Crippen LogP contribution in [0.4, 0.5) is 0 Å². The predicted octanol–water partition coefficient (Wildman–Crippen LogP) is 2.93. The fraction of sp³-hybridized carbons (Fsp3) is 0.636. The van der Waals surface area contributed by atoms with Gasteiger partial charge >= 0.3 is 0 Å². The standard InChI is InChI=1S/C22H33N3O2/c1-3-13-22(2,23)21(27)24-14-11-18(12-15-24)20(26)25(19-9-10-19)16-17-7-5-4-6-8-17/h4-8,18-19H,3,9-16,23H2,1-2H3. The first kappa shape index (κ1) is 19.9. The molecule has 2 amide bonds. The van der Waals surface area contributed by atoms with Crippen LogP contribution in [0.2, 0.25) is 0 Å². The topological polar surface area (TPSA) is 66.6 Å². The third kappa shape index (κ3) is 4.89. The van der Waals surface area contributed by atoms with Gasteiger partial charge in [-0.15, -0.1) is 0 Å². The van der Waals surface area contributed by atoms with Gasteiger partial charge in [0.2, 0.25) is 11.8 Å². The molecule has 148 valence electrons. The third-order valence-electron chi connectivity index (χ3n) is 5.86. The van der Waals surface area contributed by atoms with Crippen LogP contribution in [-0.2, 0) is 16.1 Å². The number of likely N-dealkylation sites (tertiary alicyclic amines) is 1. The summed E-state index contributed by atoms with van der Waals surface area (Å²) in [5.74, 6) is 0.310. The van der Waals surface area contributed by atoms with Crippen LogP contribution in [0, 0.1) is 5.92 Å². The van der Waals surface area contributed by atoms with Crippen LogP contribution in [0.5, 0.6) is 0 Å². The number of piperidine rings is 1. The van der Waals surface area contributed by atoms with Gasteiger partial charge in [0.15, 0.2) is 0 Å². The second-order valence-electron chi connectivity index (χ2n) is 8.42. The second-order valence-corrected chi connectivity index (χ2v) is 8.42. The van der Waals surface area contributed by atoms with Crippen LogP contribution >= 0.6 is 0 Å². The van der Waals surface area contributed by atoms with Crippen LogP contribution in [0.25, 0.3) is 0 Å². The van der Waals surface area contributed by atoms with Crippen LogP contribution in [0.3, 0.4) is 0 Å². The molecule has 2 N–H and O–H groups in total. The molecule has 0 radical (unpaired) electrons. The Morgan fingerprint density at radius 1 is 1.15 bits per heavy atom. The van der Waals surface area contributed by atoms with Crippen molar-refractivity contribution in [3.05, 3.63) is 35.9 Å². The predicted molar refractivity (Wildman–Crippen MR) is 107 cm³/mol. The van der Waals surface area contributed by atoms with Gasteiger partial charge in [0.1, 0.15) is 0 Å². The minimum Gasteiger partial charge on any atom is -0.341 e. The smallest absolute Gasteiger partial charge is 0.242 e. The Morgan fingerprint density at radius 3 is 2.33 bits per heavy atom. The molecule has 1 saturated heterocycles. The second kappa shape index (κ2) is 8.42. The molecule has 1 aromatic carbocycles. The number of carbonyl (C=O) groups excluding carboxylic acids is 2. The number of carbonyl (C=O) groups is 2. The van der Waals surface area contributed by atoms with Gasteiger partial charge in [0.05, 0.1) is 5.54 Å². The molecule has 27 heavy (non-hydrogen) atoms. The van der Waals surface area contributed by atoms with Gasteiger partial charge in [-0.25, -0.2) is 0 Å². The fourth-order valence-electron chi connectivity index (χ4n) is 4.10. The summed E-state index contributed by atoms with van der Waals surface area (Å²) in [7, 11) is 0. The van der Waals surface area contributed by atoms with E-state index in [0.717, 1.165) is 32.1 Å². The first-order valence-corrected chi connectivity index (χ1v) is 10.3. The SMILES string of the molecule is CCCC(C)(N)C(=O)N1CCC(C(=O)N(Cc2ccccc2)C2CC2)CC1. The summed E-state index contributed by atoms with van der Waals surface area (Å²) in [6.07, 6.45) is 5.28. The molecule has 0 bridgehead atoms. The van der Waals surface area contributed by atoms with Crippen molar-refractivity contribution in [2.75, 3.05) is 13.1 Å². The molecule has 5 nitrogen and oxygen atoms in total. The van der Waals surface area contributed by atoms with E-state index in [4.69, 9.17) is 5.73 Å². The van der Waals surface area contributed by atoms with Crippen molar-refractivity contribution in [2.45, 2.75) is 70.5 Å². The van der Waals surface area contributed by atoms with E-state index in [1.165, 1.54) is 5.56 Å².